The summed E-state index contributed by atoms with van der Waals surface area (Å²) in [5.41, 5.74) is 0.657. The standard InChI is InChI=1S/C23H21F3O7/c1-30-16-6-5-14(12-3-4-15-13(9-12)10-32-21(15)29)17(18(16)31-2)33-11-22(7-8-22)19(20(27)28)23(24,25)26/h3-6,9,19H,7-8,10-11H2,1-2H3,(H,27,28). The molecule has 1 aliphatic heterocycles. The fourth-order valence-electron chi connectivity index (χ4n) is 4.21. The Hall–Kier alpha value is -3.43. The van der Waals surface area contributed by atoms with Crippen molar-refractivity contribution in [1.82, 2.24) is 0 Å². The van der Waals surface area contributed by atoms with Crippen LogP contribution in [0.1, 0.15) is 28.8 Å². The van der Waals surface area contributed by atoms with Gasteiger partial charge in [-0.25, -0.2) is 4.79 Å². The van der Waals surface area contributed by atoms with Gasteiger partial charge in [-0.05, 0) is 42.7 Å². The van der Waals surface area contributed by atoms with E-state index in [0.29, 0.717) is 28.0 Å². The summed E-state index contributed by atoms with van der Waals surface area (Å²) in [6.45, 7) is -0.354. The molecule has 1 saturated carbocycles. The van der Waals surface area contributed by atoms with Gasteiger partial charge in [0.1, 0.15) is 6.61 Å². The van der Waals surface area contributed by atoms with Crippen molar-refractivity contribution >= 4 is 11.9 Å². The maximum absolute atomic E-state index is 13.5. The Labute approximate surface area is 187 Å². The first-order chi connectivity index (χ1) is 15.6. The topological polar surface area (TPSA) is 91.3 Å². The number of carbonyl (C=O) groups excluding carboxylic acids is 1. The number of carbonyl (C=O) groups is 2. The quantitative estimate of drug-likeness (QED) is 0.575. The number of carboxylic acids is 1. The molecule has 1 unspecified atom stereocenters. The van der Waals surface area contributed by atoms with Gasteiger partial charge in [0.2, 0.25) is 5.75 Å². The smallest absolute Gasteiger partial charge is 0.402 e. The van der Waals surface area contributed by atoms with Crippen molar-refractivity contribution in [2.24, 2.45) is 11.3 Å². The van der Waals surface area contributed by atoms with E-state index in [-0.39, 0.29) is 30.9 Å². The normalized spacial score (nSPS) is 17.1. The van der Waals surface area contributed by atoms with Gasteiger partial charge in [0, 0.05) is 16.5 Å². The second kappa shape index (κ2) is 8.17. The minimum absolute atomic E-state index is 0.0728. The van der Waals surface area contributed by atoms with Crippen molar-refractivity contribution in [3.8, 4) is 28.4 Å². The van der Waals surface area contributed by atoms with Crippen LogP contribution in [-0.2, 0) is 16.1 Å². The lowest BCUT2D eigenvalue weighted by molar-refractivity contribution is -0.209. The number of cyclic esters (lactones) is 1. The van der Waals surface area contributed by atoms with Crippen molar-refractivity contribution < 1.29 is 46.8 Å². The van der Waals surface area contributed by atoms with Crippen molar-refractivity contribution in [3.63, 3.8) is 0 Å². The maximum atomic E-state index is 13.5. The fraction of sp³-hybridized carbons (Fsp3) is 0.391. The lowest BCUT2D eigenvalue weighted by Gasteiger charge is -2.27. The van der Waals surface area contributed by atoms with Gasteiger partial charge in [-0.2, -0.15) is 13.2 Å². The highest BCUT2D eigenvalue weighted by molar-refractivity contribution is 5.94. The number of benzene rings is 2. The third kappa shape index (κ3) is 4.05. The van der Waals surface area contributed by atoms with E-state index >= 15 is 0 Å². The Morgan fingerprint density at radius 1 is 1.12 bits per heavy atom. The Bertz CT molecular complexity index is 1110. The van der Waals surface area contributed by atoms with Crippen LogP contribution >= 0.6 is 0 Å². The predicted molar refractivity (Wildman–Crippen MR) is 108 cm³/mol. The lowest BCUT2D eigenvalue weighted by atomic mass is 9.89. The van der Waals surface area contributed by atoms with Crippen LogP contribution < -0.4 is 14.2 Å². The van der Waals surface area contributed by atoms with Crippen molar-refractivity contribution in [2.75, 3.05) is 20.8 Å². The summed E-state index contributed by atoms with van der Waals surface area (Å²) in [7, 11) is 2.78. The van der Waals surface area contributed by atoms with Gasteiger partial charge in [0.05, 0.1) is 26.4 Å². The number of ether oxygens (including phenoxy) is 4. The van der Waals surface area contributed by atoms with Crippen LogP contribution in [0.2, 0.25) is 0 Å². The minimum atomic E-state index is -4.90. The first-order valence-electron chi connectivity index (χ1n) is 10.1. The van der Waals surface area contributed by atoms with Crippen LogP contribution in [0.4, 0.5) is 13.2 Å². The molecule has 1 heterocycles. The van der Waals surface area contributed by atoms with Crippen LogP contribution in [-0.4, -0.2) is 44.0 Å². The van der Waals surface area contributed by atoms with Gasteiger partial charge in [0.15, 0.2) is 17.4 Å². The number of halogens is 3. The molecule has 176 valence electrons. The molecule has 0 radical (unpaired) electrons. The van der Waals surface area contributed by atoms with E-state index in [1.165, 1.54) is 14.2 Å². The Kier molecular flexibility index (Phi) is 5.63. The zero-order chi connectivity index (χ0) is 24.0. The van der Waals surface area contributed by atoms with E-state index in [1.54, 1.807) is 30.3 Å². The molecule has 4 rings (SSSR count). The second-order valence-corrected chi connectivity index (χ2v) is 8.09. The Morgan fingerprint density at radius 3 is 2.39 bits per heavy atom. The van der Waals surface area contributed by atoms with Crippen molar-refractivity contribution in [3.05, 3.63) is 41.5 Å². The number of fused-ring (bicyclic) bond motifs is 1. The first-order valence-corrected chi connectivity index (χ1v) is 10.1. The van der Waals surface area contributed by atoms with Crippen LogP contribution in [0, 0.1) is 11.3 Å². The number of methoxy groups -OCH3 is 2. The average molecular weight is 466 g/mol. The Balaban J connectivity index is 1.73. The number of aliphatic carboxylic acids is 1. The molecule has 1 fully saturated rings. The van der Waals surface area contributed by atoms with Crippen LogP contribution in [0.3, 0.4) is 0 Å². The van der Waals surface area contributed by atoms with E-state index in [9.17, 15) is 27.9 Å². The van der Waals surface area contributed by atoms with Gasteiger partial charge in [-0.1, -0.05) is 6.07 Å². The zero-order valence-corrected chi connectivity index (χ0v) is 17.8. The van der Waals surface area contributed by atoms with E-state index in [4.69, 9.17) is 18.9 Å². The highest BCUT2D eigenvalue weighted by atomic mass is 19.4. The van der Waals surface area contributed by atoms with Gasteiger partial charge < -0.3 is 24.1 Å². The molecule has 0 aromatic heterocycles. The van der Waals surface area contributed by atoms with Crippen LogP contribution in [0.5, 0.6) is 17.2 Å². The minimum Gasteiger partial charge on any atom is -0.493 e. The SMILES string of the molecule is COc1ccc(-c2ccc3c(c2)COC3=O)c(OCC2(C(C(=O)O)C(F)(F)F)CC2)c1OC. The summed E-state index contributed by atoms with van der Waals surface area (Å²) >= 11 is 0. The van der Waals surface area contributed by atoms with Crippen molar-refractivity contribution in [1.29, 1.82) is 0 Å². The fourth-order valence-corrected chi connectivity index (χ4v) is 4.21. The first kappa shape index (κ1) is 22.8. The molecule has 2 aromatic rings. The third-order valence-electron chi connectivity index (χ3n) is 6.08. The number of hydrogen-bond donors (Lipinski definition) is 1. The molecular formula is C23H21F3O7. The van der Waals surface area contributed by atoms with Crippen LogP contribution in [0.25, 0.3) is 11.1 Å². The molecule has 1 aliphatic carbocycles. The zero-order valence-electron chi connectivity index (χ0n) is 17.8. The molecule has 0 bridgehead atoms. The molecule has 2 aromatic carbocycles. The third-order valence-corrected chi connectivity index (χ3v) is 6.08. The number of carboxylic acid groups (broad SMARTS) is 1. The second-order valence-electron chi connectivity index (χ2n) is 8.09. The molecule has 0 amide bonds. The monoisotopic (exact) mass is 466 g/mol. The molecule has 1 atom stereocenters. The van der Waals surface area contributed by atoms with Gasteiger partial charge >= 0.3 is 18.1 Å². The summed E-state index contributed by atoms with van der Waals surface area (Å²) in [6.07, 6.45) is -4.76. The summed E-state index contributed by atoms with van der Waals surface area (Å²) in [4.78, 5) is 23.2. The van der Waals surface area contributed by atoms with E-state index in [2.05, 4.69) is 0 Å². The van der Waals surface area contributed by atoms with Crippen LogP contribution in [0.15, 0.2) is 30.3 Å². The number of rotatable bonds is 8. The molecule has 0 spiro atoms. The number of alkyl halides is 3. The molecule has 1 N–H and O–H groups in total. The lowest BCUT2D eigenvalue weighted by Crippen LogP contribution is -2.41. The van der Waals surface area contributed by atoms with Crippen molar-refractivity contribution in [2.45, 2.75) is 25.6 Å². The highest BCUT2D eigenvalue weighted by Gasteiger charge is 2.64. The van der Waals surface area contributed by atoms with Gasteiger partial charge in [-0.15, -0.1) is 0 Å². The molecule has 10 heteroatoms. The molecule has 7 nitrogen and oxygen atoms in total. The average Bonchev–Trinajstić information content (AvgIpc) is 3.43. The summed E-state index contributed by atoms with van der Waals surface area (Å²) in [6, 6.07) is 8.29. The van der Waals surface area contributed by atoms with Gasteiger partial charge in [-0.3, -0.25) is 4.79 Å². The summed E-state index contributed by atoms with van der Waals surface area (Å²) in [5, 5.41) is 9.25. The van der Waals surface area contributed by atoms with E-state index in [0.717, 1.165) is 0 Å². The number of hydrogen-bond acceptors (Lipinski definition) is 6. The largest absolute Gasteiger partial charge is 0.493 e. The summed E-state index contributed by atoms with van der Waals surface area (Å²) in [5.74, 6) is -4.30. The molecule has 0 saturated heterocycles. The maximum Gasteiger partial charge on any atom is 0.402 e. The van der Waals surface area contributed by atoms with E-state index < -0.39 is 36.1 Å². The molecular weight excluding hydrogens is 445 g/mol. The molecule has 2 aliphatic rings. The Morgan fingerprint density at radius 2 is 1.82 bits per heavy atom. The predicted octanol–water partition coefficient (Wildman–Crippen LogP) is 4.46. The molecule has 33 heavy (non-hydrogen) atoms. The van der Waals surface area contributed by atoms with E-state index in [1.807, 2.05) is 0 Å². The highest BCUT2D eigenvalue weighted by Crippen LogP contribution is 2.58. The number of esters is 1. The van der Waals surface area contributed by atoms with Gasteiger partial charge in [0.25, 0.3) is 0 Å². The summed E-state index contributed by atoms with van der Waals surface area (Å²) < 4.78 is 62.1.